The van der Waals surface area contributed by atoms with Crippen molar-refractivity contribution < 1.29 is 23.0 Å². The highest BCUT2D eigenvalue weighted by Gasteiger charge is 2.17. The molecule has 0 aliphatic carbocycles. The van der Waals surface area contributed by atoms with E-state index in [9.17, 15) is 8.78 Å². The van der Waals surface area contributed by atoms with E-state index in [1.807, 2.05) is 6.07 Å². The van der Waals surface area contributed by atoms with Gasteiger partial charge in [-0.1, -0.05) is 19.9 Å². The molecule has 0 bridgehead atoms. The molecule has 0 fully saturated rings. The summed E-state index contributed by atoms with van der Waals surface area (Å²) in [5.74, 6) is 0.730. The summed E-state index contributed by atoms with van der Waals surface area (Å²) in [7, 11) is 3.10. The lowest BCUT2D eigenvalue weighted by atomic mass is 10.1. The van der Waals surface area contributed by atoms with E-state index in [-0.39, 0.29) is 11.7 Å². The van der Waals surface area contributed by atoms with Crippen LogP contribution in [0.3, 0.4) is 0 Å². The molecular formula is C26H26F2N4O3. The number of halogens is 2. The fourth-order valence-electron chi connectivity index (χ4n) is 3.78. The van der Waals surface area contributed by atoms with E-state index in [1.165, 1.54) is 13.4 Å². The smallest absolute Gasteiger partial charge is 0.220 e. The van der Waals surface area contributed by atoms with Crippen LogP contribution in [0.15, 0.2) is 48.9 Å². The predicted octanol–water partition coefficient (Wildman–Crippen LogP) is 6.30. The zero-order valence-corrected chi connectivity index (χ0v) is 19.9. The van der Waals surface area contributed by atoms with Gasteiger partial charge in [0.25, 0.3) is 0 Å². The molecule has 2 aromatic heterocycles. The number of aromatic nitrogens is 3. The van der Waals surface area contributed by atoms with Crippen LogP contribution in [0.25, 0.3) is 22.0 Å². The average Bonchev–Trinajstić information content (AvgIpc) is 2.88. The minimum atomic E-state index is -0.773. The van der Waals surface area contributed by atoms with Crippen LogP contribution in [0.2, 0.25) is 0 Å². The van der Waals surface area contributed by atoms with Gasteiger partial charge in [-0.25, -0.2) is 19.3 Å². The van der Waals surface area contributed by atoms with Gasteiger partial charge in [0.2, 0.25) is 5.95 Å². The Bertz CT molecular complexity index is 1350. The second-order valence-corrected chi connectivity index (χ2v) is 7.83. The van der Waals surface area contributed by atoms with Crippen molar-refractivity contribution >= 4 is 22.4 Å². The number of ether oxygens (including phenoxy) is 3. The molecule has 2 aromatic carbocycles. The quantitative estimate of drug-likeness (QED) is 0.282. The first-order valence-corrected chi connectivity index (χ1v) is 11.2. The van der Waals surface area contributed by atoms with Crippen LogP contribution < -0.4 is 19.5 Å². The summed E-state index contributed by atoms with van der Waals surface area (Å²) >= 11 is 0. The number of fused-ring (bicyclic) bond motifs is 1. The number of rotatable bonds is 9. The number of anilines is 2. The Kier molecular flexibility index (Phi) is 7.24. The number of hydrogen-bond acceptors (Lipinski definition) is 7. The van der Waals surface area contributed by atoms with Gasteiger partial charge in [-0.15, -0.1) is 0 Å². The molecule has 1 N–H and O–H groups in total. The number of benzene rings is 2. The molecule has 0 aliphatic heterocycles. The van der Waals surface area contributed by atoms with Gasteiger partial charge in [0, 0.05) is 17.0 Å². The van der Waals surface area contributed by atoms with Gasteiger partial charge in [-0.2, -0.15) is 4.39 Å². The molecule has 182 valence electrons. The van der Waals surface area contributed by atoms with Gasteiger partial charge >= 0.3 is 0 Å². The molecule has 4 aromatic rings. The Morgan fingerprint density at radius 1 is 0.886 bits per heavy atom. The Balaban J connectivity index is 1.79. The van der Waals surface area contributed by atoms with Gasteiger partial charge in [0.1, 0.15) is 23.7 Å². The lowest BCUT2D eigenvalue weighted by Crippen LogP contribution is -2.14. The van der Waals surface area contributed by atoms with E-state index in [2.05, 4.69) is 34.1 Å². The SMILES string of the molecule is CCC(CC)Oc1cc2c(Nc3cc(-c4cc(F)cnc4F)ccc3OC)ncnc2cc1OC. The van der Waals surface area contributed by atoms with Gasteiger partial charge in [0.05, 0.1) is 37.7 Å². The van der Waals surface area contributed by atoms with Crippen LogP contribution in [0.5, 0.6) is 17.2 Å². The molecular weight excluding hydrogens is 454 g/mol. The van der Waals surface area contributed by atoms with Crippen LogP contribution in [-0.2, 0) is 0 Å². The average molecular weight is 481 g/mol. The highest BCUT2D eigenvalue weighted by molar-refractivity contribution is 5.93. The largest absolute Gasteiger partial charge is 0.495 e. The first-order chi connectivity index (χ1) is 17.0. The molecule has 0 unspecified atom stereocenters. The highest BCUT2D eigenvalue weighted by atomic mass is 19.1. The predicted molar refractivity (Wildman–Crippen MR) is 131 cm³/mol. The lowest BCUT2D eigenvalue weighted by molar-refractivity contribution is 0.185. The van der Waals surface area contributed by atoms with Gasteiger partial charge in [0.15, 0.2) is 11.5 Å². The molecule has 9 heteroatoms. The molecule has 35 heavy (non-hydrogen) atoms. The highest BCUT2D eigenvalue weighted by Crippen LogP contribution is 2.38. The summed E-state index contributed by atoms with van der Waals surface area (Å²) in [5.41, 5.74) is 1.61. The number of pyridine rings is 1. The summed E-state index contributed by atoms with van der Waals surface area (Å²) in [5, 5.41) is 3.94. The van der Waals surface area contributed by atoms with E-state index in [4.69, 9.17) is 14.2 Å². The van der Waals surface area contributed by atoms with Crippen molar-refractivity contribution in [2.45, 2.75) is 32.8 Å². The molecule has 0 spiro atoms. The Morgan fingerprint density at radius 3 is 2.37 bits per heavy atom. The molecule has 0 amide bonds. The third kappa shape index (κ3) is 5.08. The fraction of sp³-hybridized carbons (Fsp3) is 0.269. The monoisotopic (exact) mass is 480 g/mol. The molecule has 7 nitrogen and oxygen atoms in total. The fourth-order valence-corrected chi connectivity index (χ4v) is 3.78. The van der Waals surface area contributed by atoms with Gasteiger partial charge in [-0.3, -0.25) is 0 Å². The molecule has 0 aliphatic rings. The van der Waals surface area contributed by atoms with Crippen LogP contribution >= 0.6 is 0 Å². The molecule has 0 saturated heterocycles. The maximum Gasteiger partial charge on any atom is 0.220 e. The number of nitrogens with one attached hydrogen (secondary N) is 1. The first kappa shape index (κ1) is 24.1. The maximum absolute atomic E-state index is 14.3. The summed E-state index contributed by atoms with van der Waals surface area (Å²) < 4.78 is 45.2. The lowest BCUT2D eigenvalue weighted by Gasteiger charge is -2.19. The summed E-state index contributed by atoms with van der Waals surface area (Å²) in [4.78, 5) is 12.2. The molecule has 0 atom stereocenters. The number of nitrogens with zero attached hydrogens (tertiary/aromatic N) is 3. The summed E-state index contributed by atoms with van der Waals surface area (Å²) in [6.07, 6.45) is 4.00. The van der Waals surface area contributed by atoms with Gasteiger partial charge < -0.3 is 19.5 Å². The minimum absolute atomic E-state index is 0.0360. The topological polar surface area (TPSA) is 78.4 Å². The van der Waals surface area contributed by atoms with Crippen molar-refractivity contribution in [1.82, 2.24) is 15.0 Å². The molecule has 2 heterocycles. The van der Waals surface area contributed by atoms with Crippen LogP contribution in [-0.4, -0.2) is 35.3 Å². The van der Waals surface area contributed by atoms with Crippen molar-refractivity contribution in [3.63, 3.8) is 0 Å². The van der Waals surface area contributed by atoms with Crippen molar-refractivity contribution in [1.29, 1.82) is 0 Å². The second kappa shape index (κ2) is 10.5. The second-order valence-electron chi connectivity index (χ2n) is 7.83. The molecule has 0 saturated carbocycles. The van der Waals surface area contributed by atoms with Crippen LogP contribution in [0.1, 0.15) is 26.7 Å². The molecule has 0 radical (unpaired) electrons. The summed E-state index contributed by atoms with van der Waals surface area (Å²) in [6, 6.07) is 9.67. The normalized spacial score (nSPS) is 11.1. The van der Waals surface area contributed by atoms with Gasteiger partial charge in [-0.05, 0) is 42.7 Å². The molecule has 4 rings (SSSR count). The Morgan fingerprint density at radius 2 is 1.66 bits per heavy atom. The van der Waals surface area contributed by atoms with E-state index in [0.717, 1.165) is 25.1 Å². The van der Waals surface area contributed by atoms with E-state index in [1.54, 1.807) is 31.4 Å². The van der Waals surface area contributed by atoms with Crippen LogP contribution in [0.4, 0.5) is 20.3 Å². The summed E-state index contributed by atoms with van der Waals surface area (Å²) in [6.45, 7) is 4.13. The van der Waals surface area contributed by atoms with E-state index in [0.29, 0.717) is 45.2 Å². The van der Waals surface area contributed by atoms with Crippen molar-refractivity contribution in [3.8, 4) is 28.4 Å². The minimum Gasteiger partial charge on any atom is -0.495 e. The zero-order chi connectivity index (χ0) is 24.9. The third-order valence-corrected chi connectivity index (χ3v) is 5.69. The van der Waals surface area contributed by atoms with Crippen molar-refractivity contribution in [2.75, 3.05) is 19.5 Å². The number of methoxy groups -OCH3 is 2. The zero-order valence-electron chi connectivity index (χ0n) is 19.9. The third-order valence-electron chi connectivity index (χ3n) is 5.69. The Hall–Kier alpha value is -4.01. The standard InChI is InChI=1S/C26H26F2N4O3/c1-5-17(6-2)35-24-11-19-20(12-23(24)34-4)30-14-31-26(19)32-21-9-15(7-8-22(21)33-3)18-10-16(27)13-29-25(18)28/h7-14,17H,5-6H2,1-4H3,(H,30,31,32). The van der Waals surface area contributed by atoms with Crippen molar-refractivity contribution in [3.05, 3.63) is 60.7 Å². The van der Waals surface area contributed by atoms with E-state index >= 15 is 0 Å². The Labute approximate surface area is 202 Å². The maximum atomic E-state index is 14.3. The van der Waals surface area contributed by atoms with Crippen LogP contribution in [0, 0.1) is 11.8 Å². The van der Waals surface area contributed by atoms with Crippen molar-refractivity contribution in [2.24, 2.45) is 0 Å². The van der Waals surface area contributed by atoms with E-state index < -0.39 is 11.8 Å². The first-order valence-electron chi connectivity index (χ1n) is 11.2. The number of hydrogen-bond donors (Lipinski definition) is 1.